The number of benzene rings is 1. The molecule has 192 valence electrons. The Morgan fingerprint density at radius 3 is 2.76 bits per heavy atom. The highest BCUT2D eigenvalue weighted by Crippen LogP contribution is 2.45. The lowest BCUT2D eigenvalue weighted by Gasteiger charge is -2.33. The molecular formula is C24H23ClF2N8O2. The van der Waals surface area contributed by atoms with Crippen molar-refractivity contribution < 1.29 is 18.3 Å². The van der Waals surface area contributed by atoms with E-state index in [0.29, 0.717) is 40.6 Å². The normalized spacial score (nSPS) is 17.7. The highest BCUT2D eigenvalue weighted by Gasteiger charge is 2.47. The maximum absolute atomic E-state index is 13.3. The number of halogens is 3. The molecule has 1 N–H and O–H groups in total. The predicted octanol–water partition coefficient (Wildman–Crippen LogP) is 4.01. The van der Waals surface area contributed by atoms with Crippen molar-refractivity contribution in [2.24, 2.45) is 0 Å². The molecular weight excluding hydrogens is 506 g/mol. The zero-order valence-corrected chi connectivity index (χ0v) is 20.6. The second-order valence-electron chi connectivity index (χ2n) is 9.32. The second-order valence-corrected chi connectivity index (χ2v) is 9.73. The molecule has 10 nitrogen and oxygen atoms in total. The van der Waals surface area contributed by atoms with Crippen LogP contribution in [-0.4, -0.2) is 68.0 Å². The number of pyridine rings is 1. The summed E-state index contributed by atoms with van der Waals surface area (Å²) in [6.07, 6.45) is 2.72. The van der Waals surface area contributed by atoms with E-state index in [9.17, 15) is 13.6 Å². The fourth-order valence-electron chi connectivity index (χ4n) is 4.61. The molecule has 1 aliphatic carbocycles. The summed E-state index contributed by atoms with van der Waals surface area (Å²) >= 11 is 6.45. The predicted molar refractivity (Wildman–Crippen MR) is 132 cm³/mol. The van der Waals surface area contributed by atoms with E-state index in [0.717, 1.165) is 24.3 Å². The maximum Gasteiger partial charge on any atom is 0.259 e. The Morgan fingerprint density at radius 1 is 1.22 bits per heavy atom. The summed E-state index contributed by atoms with van der Waals surface area (Å²) in [7, 11) is 0. The smallest absolute Gasteiger partial charge is 0.259 e. The molecule has 6 rings (SSSR count). The molecule has 37 heavy (non-hydrogen) atoms. The number of nitrogens with one attached hydrogen (secondary N) is 1. The van der Waals surface area contributed by atoms with Crippen LogP contribution in [0.4, 0.5) is 20.2 Å². The molecule has 1 saturated carbocycles. The minimum Gasteiger partial charge on any atom is -0.378 e. The van der Waals surface area contributed by atoms with Crippen LogP contribution in [-0.2, 0) is 4.74 Å². The lowest BCUT2D eigenvalue weighted by Crippen LogP contribution is -2.38. The highest BCUT2D eigenvalue weighted by molar-refractivity contribution is 6.33. The number of anilines is 2. The van der Waals surface area contributed by atoms with Crippen LogP contribution in [0.15, 0.2) is 36.7 Å². The summed E-state index contributed by atoms with van der Waals surface area (Å²) in [6, 6.07) is 6.76. The molecule has 2 aliphatic rings. The van der Waals surface area contributed by atoms with Gasteiger partial charge in [0, 0.05) is 49.1 Å². The van der Waals surface area contributed by atoms with Crippen LogP contribution in [0.3, 0.4) is 0 Å². The van der Waals surface area contributed by atoms with Gasteiger partial charge in [-0.2, -0.15) is 9.90 Å². The minimum absolute atomic E-state index is 0.196. The molecule has 1 saturated heterocycles. The quantitative estimate of drug-likeness (QED) is 0.417. The van der Waals surface area contributed by atoms with Crippen LogP contribution in [0.2, 0.25) is 5.02 Å². The zero-order chi connectivity index (χ0) is 25.7. The third-order valence-electron chi connectivity index (χ3n) is 6.75. The first-order valence-corrected chi connectivity index (χ1v) is 12.2. The number of hydrogen-bond acceptors (Lipinski definition) is 7. The van der Waals surface area contributed by atoms with Crippen LogP contribution < -0.4 is 10.2 Å². The van der Waals surface area contributed by atoms with Crippen LogP contribution in [0, 0.1) is 6.92 Å². The number of aryl methyl sites for hydroxylation is 1. The van der Waals surface area contributed by atoms with Crippen LogP contribution in [0.1, 0.15) is 34.8 Å². The van der Waals surface area contributed by atoms with Gasteiger partial charge in [-0.25, -0.2) is 13.3 Å². The summed E-state index contributed by atoms with van der Waals surface area (Å²) in [5.41, 5.74) is 3.78. The van der Waals surface area contributed by atoms with Crippen molar-refractivity contribution in [3.8, 4) is 11.4 Å². The molecule has 1 amide bonds. The van der Waals surface area contributed by atoms with Gasteiger partial charge in [0.1, 0.15) is 0 Å². The third kappa shape index (κ3) is 4.51. The Hall–Kier alpha value is -3.64. The fraction of sp³-hybridized carbons (Fsp3) is 0.375. The van der Waals surface area contributed by atoms with E-state index >= 15 is 0 Å². The number of alkyl halides is 2. The number of aromatic nitrogens is 6. The van der Waals surface area contributed by atoms with Crippen molar-refractivity contribution >= 4 is 34.4 Å². The van der Waals surface area contributed by atoms with E-state index in [1.165, 1.54) is 11.0 Å². The lowest BCUT2D eigenvalue weighted by atomic mass is 9.89. The molecule has 0 unspecified atom stereocenters. The van der Waals surface area contributed by atoms with E-state index in [4.69, 9.17) is 16.3 Å². The number of amides is 1. The van der Waals surface area contributed by atoms with Crippen LogP contribution in [0.25, 0.3) is 16.9 Å². The number of tetrazole rings is 1. The Labute approximate surface area is 215 Å². The first kappa shape index (κ1) is 23.7. The van der Waals surface area contributed by atoms with Gasteiger partial charge < -0.3 is 15.0 Å². The van der Waals surface area contributed by atoms with Crippen molar-refractivity contribution in [2.75, 3.05) is 36.5 Å². The first-order chi connectivity index (χ1) is 17.8. The fourth-order valence-corrected chi connectivity index (χ4v) is 4.91. The first-order valence-electron chi connectivity index (χ1n) is 11.9. The van der Waals surface area contributed by atoms with E-state index < -0.39 is 12.0 Å². The Morgan fingerprint density at radius 2 is 2.00 bits per heavy atom. The number of nitrogens with zero attached hydrogens (tertiary/aromatic N) is 7. The second kappa shape index (κ2) is 9.03. The zero-order valence-electron chi connectivity index (χ0n) is 19.9. The van der Waals surface area contributed by atoms with Gasteiger partial charge in [-0.05, 0) is 42.0 Å². The van der Waals surface area contributed by atoms with Crippen LogP contribution >= 0.6 is 11.6 Å². The number of morpholine rings is 1. The van der Waals surface area contributed by atoms with Gasteiger partial charge in [0.25, 0.3) is 11.8 Å². The summed E-state index contributed by atoms with van der Waals surface area (Å²) in [5.74, 6) is -2.83. The number of hydrogen-bond donors (Lipinski definition) is 1. The molecule has 1 aromatic carbocycles. The van der Waals surface area contributed by atoms with Gasteiger partial charge in [-0.15, -0.1) is 10.2 Å². The summed E-state index contributed by atoms with van der Waals surface area (Å²) < 4.78 is 33.6. The third-order valence-corrected chi connectivity index (χ3v) is 7.07. The molecule has 0 radical (unpaired) electrons. The SMILES string of the molecule is Cc1cc(Cl)c(-c2nnn(C3CC(F)(F)C3)n2)cc1NC(=O)c1cnn2ccc(N3CCOCC3)cc12. The number of fused-ring (bicyclic) bond motifs is 1. The van der Waals surface area contributed by atoms with Crippen molar-refractivity contribution in [3.63, 3.8) is 0 Å². The molecule has 3 aromatic heterocycles. The average molecular weight is 529 g/mol. The summed E-state index contributed by atoms with van der Waals surface area (Å²) in [6.45, 7) is 4.69. The number of ether oxygens (including phenoxy) is 1. The van der Waals surface area contributed by atoms with Crippen molar-refractivity contribution in [2.45, 2.75) is 31.7 Å². The van der Waals surface area contributed by atoms with Crippen molar-refractivity contribution in [1.29, 1.82) is 0 Å². The number of carbonyl (C=O) groups is 1. The van der Waals surface area contributed by atoms with E-state index in [-0.39, 0.29) is 24.6 Å². The topological polar surface area (TPSA) is 102 Å². The molecule has 4 heterocycles. The Kier molecular flexibility index (Phi) is 5.80. The monoisotopic (exact) mass is 528 g/mol. The van der Waals surface area contributed by atoms with Gasteiger partial charge in [0.2, 0.25) is 5.82 Å². The van der Waals surface area contributed by atoms with Gasteiger partial charge in [0.15, 0.2) is 0 Å². The van der Waals surface area contributed by atoms with E-state index in [1.807, 2.05) is 25.3 Å². The van der Waals surface area contributed by atoms with Gasteiger partial charge in [-0.1, -0.05) is 11.6 Å². The standard InChI is InChI=1S/C24H23ClF2N8O2/c1-14-8-19(25)17(22-30-32-35(31-22)16-11-24(26,27)12-16)10-20(14)29-23(36)18-13-28-34-3-2-15(9-21(18)34)33-4-6-37-7-5-33/h2-3,8-10,13,16H,4-7,11-12H2,1H3,(H,29,36). The molecule has 1 aliphatic heterocycles. The number of carbonyl (C=O) groups excluding carboxylic acids is 1. The summed E-state index contributed by atoms with van der Waals surface area (Å²) in [5, 5.41) is 19.8. The molecule has 4 aromatic rings. The molecule has 0 atom stereocenters. The minimum atomic E-state index is -2.70. The van der Waals surface area contributed by atoms with Gasteiger partial charge >= 0.3 is 0 Å². The Bertz CT molecular complexity index is 1490. The molecule has 0 bridgehead atoms. The van der Waals surface area contributed by atoms with Crippen LogP contribution in [0.5, 0.6) is 0 Å². The average Bonchev–Trinajstić information content (AvgIpc) is 3.52. The largest absolute Gasteiger partial charge is 0.378 e. The van der Waals surface area contributed by atoms with E-state index in [1.54, 1.807) is 16.6 Å². The molecule has 13 heteroatoms. The lowest BCUT2D eigenvalue weighted by molar-refractivity contribution is -0.110. The highest BCUT2D eigenvalue weighted by atomic mass is 35.5. The summed E-state index contributed by atoms with van der Waals surface area (Å²) in [4.78, 5) is 16.7. The van der Waals surface area contributed by atoms with Crippen molar-refractivity contribution in [1.82, 2.24) is 29.8 Å². The van der Waals surface area contributed by atoms with Gasteiger partial charge in [0.05, 0.1) is 41.6 Å². The van der Waals surface area contributed by atoms with Gasteiger partial charge in [-0.3, -0.25) is 4.79 Å². The molecule has 0 spiro atoms. The van der Waals surface area contributed by atoms with E-state index in [2.05, 4.69) is 30.7 Å². The maximum atomic E-state index is 13.3. The van der Waals surface area contributed by atoms with Crippen molar-refractivity contribution in [3.05, 3.63) is 52.8 Å². The number of rotatable bonds is 5. The molecule has 2 fully saturated rings. The Balaban J connectivity index is 1.26.